The third-order valence-electron chi connectivity index (χ3n) is 8.17. The average molecular weight is 632 g/mol. The predicted molar refractivity (Wildman–Crippen MR) is 166 cm³/mol. The molecule has 226 valence electrons. The number of carboxylic acid groups (broad SMARTS) is 2. The molecule has 1 aliphatic heterocycles. The first-order chi connectivity index (χ1) is 20.6. The molecule has 5 rings (SSSR count). The van der Waals surface area contributed by atoms with E-state index in [1.54, 1.807) is 12.2 Å². The van der Waals surface area contributed by atoms with Gasteiger partial charge in [-0.3, -0.25) is 9.59 Å². The number of aromatic nitrogens is 4. The van der Waals surface area contributed by atoms with Crippen LogP contribution in [0.25, 0.3) is 36.6 Å². The van der Waals surface area contributed by atoms with Gasteiger partial charge in [-0.15, -0.1) is 38.8 Å². The Morgan fingerprint density at radius 2 is 1.34 bits per heavy atom. The van der Waals surface area contributed by atoms with Gasteiger partial charge in [-0.1, -0.05) is 71.4 Å². The minimum atomic E-state index is -0.942. The first-order valence-corrected chi connectivity index (χ1v) is 14.0. The summed E-state index contributed by atoms with van der Waals surface area (Å²) < 4.78 is 0. The number of rotatable bonds is 8. The largest absolute Gasteiger partial charge is 4.00 e. The molecule has 0 aliphatic carbocycles. The van der Waals surface area contributed by atoms with Gasteiger partial charge in [0.1, 0.15) is 0 Å². The second-order valence-electron chi connectivity index (χ2n) is 10.7. The van der Waals surface area contributed by atoms with E-state index in [4.69, 9.17) is 25.7 Å². The minimum Gasteiger partial charge on any atom is -0.660 e. The summed E-state index contributed by atoms with van der Waals surface area (Å²) >= 11 is 0. The maximum atomic E-state index is 11.6. The molecule has 0 atom stereocenters. The van der Waals surface area contributed by atoms with Crippen LogP contribution in [0.5, 0.6) is 0 Å². The maximum Gasteiger partial charge on any atom is 4.00 e. The molecular weight excluding hydrogens is 598 g/mol. The number of hydrogen-bond donors (Lipinski definition) is 3. The van der Waals surface area contributed by atoms with E-state index in [1.165, 1.54) is 6.20 Å². The van der Waals surface area contributed by atoms with Gasteiger partial charge in [-0.2, -0.15) is 5.69 Å². The molecule has 4 N–H and O–H groups in total. The summed E-state index contributed by atoms with van der Waals surface area (Å²) in [5.74, 6) is -1.85. The summed E-state index contributed by atoms with van der Waals surface area (Å²) in [5, 5.41) is 21.3. The number of carboxylic acids is 2. The standard InChI is InChI=1S/C34H33N5O4.Fe/c1-6-20-17(3)25-12-26-19(5)22(8-10-33(40)41)30(38-26)15-31-23(9-11-34(42)43)24(16-35)32(39-31)14-29-21(7-2)18(4)27(37-29)13-28(20)36-25;/h6-7,12,14-16H,1-2,8-11,13,35H2,3-5H3,(H,40,41)(H,42,43);/q-4;+4/b24-16-,26-12-,30-15-,32-14-;. The van der Waals surface area contributed by atoms with E-state index in [-0.39, 0.29) is 42.8 Å². The van der Waals surface area contributed by atoms with E-state index in [1.807, 2.05) is 39.0 Å². The molecule has 1 aliphatic rings. The normalized spacial score (nSPS) is 14.8. The van der Waals surface area contributed by atoms with Crippen LogP contribution < -0.4 is 46.9 Å². The van der Waals surface area contributed by atoms with Crippen LogP contribution in [0.2, 0.25) is 0 Å². The van der Waals surface area contributed by atoms with Crippen molar-refractivity contribution in [1.29, 1.82) is 0 Å². The van der Waals surface area contributed by atoms with E-state index in [9.17, 15) is 19.8 Å². The van der Waals surface area contributed by atoms with Crippen LogP contribution in [-0.4, -0.2) is 22.2 Å². The zero-order valence-corrected chi connectivity index (χ0v) is 25.9. The summed E-state index contributed by atoms with van der Waals surface area (Å²) in [6, 6.07) is 0. The van der Waals surface area contributed by atoms with Crippen molar-refractivity contribution >= 4 is 48.5 Å². The van der Waals surface area contributed by atoms with Crippen molar-refractivity contribution < 1.29 is 36.9 Å². The number of aliphatic carboxylic acids is 2. The van der Waals surface area contributed by atoms with Crippen LogP contribution in [0.3, 0.4) is 0 Å². The number of nitrogens with zero attached hydrogens (tertiary/aromatic N) is 4. The molecule has 4 aromatic rings. The van der Waals surface area contributed by atoms with Crippen LogP contribution in [-0.2, 0) is 45.9 Å². The topological polar surface area (TPSA) is 157 Å². The fraction of sp³-hybridized carbons (Fsp3) is 0.235. The average Bonchev–Trinajstić information content (AvgIpc) is 3.63. The zero-order chi connectivity index (χ0) is 31.0. The monoisotopic (exact) mass is 631 g/mol. The molecule has 8 bridgehead atoms. The molecular formula is C34H33FeN5O4. The Morgan fingerprint density at radius 1 is 0.750 bits per heavy atom. The Kier molecular flexibility index (Phi) is 9.47. The summed E-state index contributed by atoms with van der Waals surface area (Å²) in [5.41, 5.74) is 15.8. The van der Waals surface area contributed by atoms with Gasteiger partial charge < -0.3 is 35.9 Å². The van der Waals surface area contributed by atoms with Crippen molar-refractivity contribution in [3.8, 4) is 0 Å². The van der Waals surface area contributed by atoms with Crippen molar-refractivity contribution in [2.24, 2.45) is 5.73 Å². The predicted octanol–water partition coefficient (Wildman–Crippen LogP) is 0.846. The van der Waals surface area contributed by atoms with Crippen molar-refractivity contribution in [1.82, 2.24) is 19.9 Å². The van der Waals surface area contributed by atoms with Gasteiger partial charge in [-0.25, -0.2) is 0 Å². The van der Waals surface area contributed by atoms with Crippen LogP contribution in [0.4, 0.5) is 0 Å². The second kappa shape index (κ2) is 12.9. The maximum absolute atomic E-state index is 11.6. The van der Waals surface area contributed by atoms with Gasteiger partial charge in [0.05, 0.1) is 0 Å². The zero-order valence-electron chi connectivity index (χ0n) is 24.8. The fourth-order valence-corrected chi connectivity index (χ4v) is 5.81. The van der Waals surface area contributed by atoms with Crippen molar-refractivity contribution in [2.75, 3.05) is 0 Å². The molecule has 4 aromatic heterocycles. The molecule has 9 nitrogen and oxygen atoms in total. The Bertz CT molecular complexity index is 2050. The fourth-order valence-electron chi connectivity index (χ4n) is 5.81. The Hall–Kier alpha value is -4.66. The molecule has 10 heteroatoms. The third kappa shape index (κ3) is 5.91. The van der Waals surface area contributed by atoms with Crippen LogP contribution in [0.15, 0.2) is 13.2 Å². The number of nitrogens with two attached hydrogens (primary N) is 1. The van der Waals surface area contributed by atoms with Gasteiger partial charge in [0, 0.05) is 19.0 Å². The summed E-state index contributed by atoms with van der Waals surface area (Å²) in [7, 11) is 0. The molecule has 5 heterocycles. The number of hydrogen-bond acceptors (Lipinski definition) is 3. The first-order valence-electron chi connectivity index (χ1n) is 14.0. The molecule has 0 fully saturated rings. The van der Waals surface area contributed by atoms with Crippen LogP contribution >= 0.6 is 0 Å². The summed E-state index contributed by atoms with van der Waals surface area (Å²) in [6.07, 6.45) is 11.3. The van der Waals surface area contributed by atoms with Gasteiger partial charge in [-0.05, 0) is 56.4 Å². The van der Waals surface area contributed by atoms with Crippen LogP contribution in [0.1, 0.15) is 80.3 Å². The van der Waals surface area contributed by atoms with E-state index in [0.29, 0.717) is 44.6 Å². The second-order valence-corrected chi connectivity index (χ2v) is 10.7. The third-order valence-corrected chi connectivity index (χ3v) is 8.17. The summed E-state index contributed by atoms with van der Waals surface area (Å²) in [6.45, 7) is 14.0. The molecule has 0 aromatic carbocycles. The quantitative estimate of drug-likeness (QED) is 0.211. The van der Waals surface area contributed by atoms with Gasteiger partial charge in [0.25, 0.3) is 0 Å². The van der Waals surface area contributed by atoms with Gasteiger partial charge >= 0.3 is 29.0 Å². The van der Waals surface area contributed by atoms with Crippen molar-refractivity contribution in [2.45, 2.75) is 52.9 Å². The molecule has 0 amide bonds. The smallest absolute Gasteiger partial charge is 0.660 e. The van der Waals surface area contributed by atoms with Gasteiger partial charge in [0.15, 0.2) is 0 Å². The summed E-state index contributed by atoms with van der Waals surface area (Å²) in [4.78, 5) is 42.9. The molecule has 44 heavy (non-hydrogen) atoms. The van der Waals surface area contributed by atoms with E-state index >= 15 is 0 Å². The SMILES string of the molecule is C=Cc1c2[n-]c(c1C)Cc1[n-]c(c(C)c1C=C)/C=c1\[n-]/c(c(CCC(=O)O)c1C)=C\c1[n-]c(/c(=C\N)c1CCC(=O)O)=C\2.[Fe+4]. The molecule has 0 radical (unpaired) electrons. The van der Waals surface area contributed by atoms with E-state index in [2.05, 4.69) is 13.2 Å². The number of carbonyl (C=O) groups is 2. The van der Waals surface area contributed by atoms with Crippen molar-refractivity contribution in [3.05, 3.63) is 102 Å². The Morgan fingerprint density at radius 3 is 1.95 bits per heavy atom. The van der Waals surface area contributed by atoms with Crippen LogP contribution in [0, 0.1) is 20.8 Å². The van der Waals surface area contributed by atoms with E-state index < -0.39 is 11.9 Å². The van der Waals surface area contributed by atoms with Crippen molar-refractivity contribution in [3.63, 3.8) is 0 Å². The molecule has 0 saturated heterocycles. The van der Waals surface area contributed by atoms with E-state index in [0.717, 1.165) is 50.5 Å². The molecule has 0 unspecified atom stereocenters. The number of fused-ring (bicyclic) bond motifs is 8. The Balaban J connectivity index is 0.00000442. The minimum absolute atomic E-state index is 0. The molecule has 0 spiro atoms. The molecule has 0 saturated carbocycles. The Labute approximate surface area is 265 Å². The first kappa shape index (κ1) is 32.3. The van der Waals surface area contributed by atoms with Gasteiger partial charge in [0.2, 0.25) is 0 Å².